The quantitative estimate of drug-likeness (QED) is 0.853. The Morgan fingerprint density at radius 1 is 1.38 bits per heavy atom. The Balaban J connectivity index is 1.72. The molecule has 0 aliphatic heterocycles. The van der Waals surface area contributed by atoms with Crippen LogP contribution in [-0.2, 0) is 9.59 Å². The van der Waals surface area contributed by atoms with Gasteiger partial charge in [0.25, 0.3) is 0 Å². The molecular formula is C13H13N5O3. The second-order valence-corrected chi connectivity index (χ2v) is 5.03. The number of carboxylic acid groups (broad SMARTS) is 1. The number of aryl methyl sites for hydroxylation is 1. The lowest BCUT2D eigenvalue weighted by Gasteiger charge is -2.09. The average molecular weight is 287 g/mol. The Bertz CT molecular complexity index is 698. The molecular weight excluding hydrogens is 274 g/mol. The van der Waals surface area contributed by atoms with Gasteiger partial charge < -0.3 is 10.4 Å². The van der Waals surface area contributed by atoms with E-state index >= 15 is 0 Å². The molecule has 2 unspecified atom stereocenters. The maximum Gasteiger partial charge on any atom is 0.307 e. The van der Waals surface area contributed by atoms with Crippen LogP contribution in [0.1, 0.15) is 12.0 Å². The van der Waals surface area contributed by atoms with Crippen LogP contribution in [0.3, 0.4) is 0 Å². The lowest BCUT2D eigenvalue weighted by Crippen LogP contribution is -2.17. The molecule has 3 rings (SSSR count). The number of carboxylic acids is 1. The predicted octanol–water partition coefficient (Wildman–Crippen LogP) is 0.630. The topological polar surface area (TPSA) is 110 Å². The van der Waals surface area contributed by atoms with E-state index in [1.54, 1.807) is 18.2 Å². The maximum absolute atomic E-state index is 11.9. The van der Waals surface area contributed by atoms with Gasteiger partial charge in [-0.1, -0.05) is 0 Å². The number of nitrogens with zero attached hydrogens (tertiary/aromatic N) is 4. The monoisotopic (exact) mass is 287 g/mol. The van der Waals surface area contributed by atoms with Crippen LogP contribution in [0.5, 0.6) is 0 Å². The van der Waals surface area contributed by atoms with E-state index in [0.29, 0.717) is 12.1 Å². The van der Waals surface area contributed by atoms with E-state index in [2.05, 4.69) is 20.8 Å². The first-order valence-electron chi connectivity index (χ1n) is 6.44. The van der Waals surface area contributed by atoms with Crippen molar-refractivity contribution in [3.8, 4) is 5.69 Å². The van der Waals surface area contributed by atoms with Gasteiger partial charge in [-0.15, -0.1) is 5.10 Å². The van der Waals surface area contributed by atoms with Crippen molar-refractivity contribution in [3.05, 3.63) is 30.1 Å². The number of nitrogens with one attached hydrogen (secondary N) is 1. The smallest absolute Gasteiger partial charge is 0.307 e. The number of carbonyl (C=O) groups is 2. The van der Waals surface area contributed by atoms with Crippen molar-refractivity contribution in [1.82, 2.24) is 20.2 Å². The van der Waals surface area contributed by atoms with E-state index in [4.69, 9.17) is 5.11 Å². The Morgan fingerprint density at radius 3 is 2.76 bits per heavy atom. The summed E-state index contributed by atoms with van der Waals surface area (Å²) in [4.78, 5) is 22.7. The first kappa shape index (κ1) is 13.2. The van der Waals surface area contributed by atoms with Crippen LogP contribution in [0.15, 0.2) is 24.5 Å². The summed E-state index contributed by atoms with van der Waals surface area (Å²) >= 11 is 0. The molecule has 1 aliphatic rings. The molecule has 1 saturated carbocycles. The number of amides is 1. The van der Waals surface area contributed by atoms with Gasteiger partial charge in [0, 0.05) is 5.69 Å². The Morgan fingerprint density at radius 2 is 2.19 bits per heavy atom. The van der Waals surface area contributed by atoms with Gasteiger partial charge in [-0.05, 0) is 47.5 Å². The van der Waals surface area contributed by atoms with Gasteiger partial charge in [0.2, 0.25) is 5.91 Å². The van der Waals surface area contributed by atoms with E-state index in [1.807, 2.05) is 6.92 Å². The number of benzene rings is 1. The zero-order chi connectivity index (χ0) is 15.0. The Kier molecular flexibility index (Phi) is 3.13. The van der Waals surface area contributed by atoms with E-state index in [0.717, 1.165) is 11.3 Å². The summed E-state index contributed by atoms with van der Waals surface area (Å²) in [6, 6.07) is 5.33. The predicted molar refractivity (Wildman–Crippen MR) is 71.8 cm³/mol. The summed E-state index contributed by atoms with van der Waals surface area (Å²) in [6.07, 6.45) is 1.89. The normalized spacial score (nSPS) is 20.0. The van der Waals surface area contributed by atoms with Crippen LogP contribution in [0.2, 0.25) is 0 Å². The highest BCUT2D eigenvalue weighted by Crippen LogP contribution is 2.39. The van der Waals surface area contributed by atoms with Crippen molar-refractivity contribution >= 4 is 17.6 Å². The van der Waals surface area contributed by atoms with Crippen molar-refractivity contribution < 1.29 is 14.7 Å². The lowest BCUT2D eigenvalue weighted by atomic mass is 10.1. The molecule has 1 aliphatic carbocycles. The summed E-state index contributed by atoms with van der Waals surface area (Å²) < 4.78 is 1.53. The summed E-state index contributed by atoms with van der Waals surface area (Å²) in [6.45, 7) is 1.88. The molecule has 0 saturated heterocycles. The van der Waals surface area contributed by atoms with Gasteiger partial charge in [-0.3, -0.25) is 9.59 Å². The number of anilines is 1. The number of hydrogen-bond acceptors (Lipinski definition) is 5. The molecule has 2 N–H and O–H groups in total. The van der Waals surface area contributed by atoms with Crippen LogP contribution in [0.4, 0.5) is 5.69 Å². The molecule has 2 aromatic rings. The van der Waals surface area contributed by atoms with Crippen molar-refractivity contribution in [1.29, 1.82) is 0 Å². The number of tetrazole rings is 1. The number of aromatic nitrogens is 4. The largest absolute Gasteiger partial charge is 0.481 e. The highest BCUT2D eigenvalue weighted by atomic mass is 16.4. The van der Waals surface area contributed by atoms with E-state index in [-0.39, 0.29) is 5.91 Å². The maximum atomic E-state index is 11.9. The van der Waals surface area contributed by atoms with Gasteiger partial charge >= 0.3 is 5.97 Å². The van der Waals surface area contributed by atoms with Crippen LogP contribution in [0.25, 0.3) is 5.69 Å². The van der Waals surface area contributed by atoms with Gasteiger partial charge in [-0.2, -0.15) is 0 Å². The molecule has 1 fully saturated rings. The first-order valence-corrected chi connectivity index (χ1v) is 6.44. The van der Waals surface area contributed by atoms with Gasteiger partial charge in [-0.25, -0.2) is 4.68 Å². The summed E-state index contributed by atoms with van der Waals surface area (Å²) in [5, 5.41) is 22.5. The summed E-state index contributed by atoms with van der Waals surface area (Å²) in [5.74, 6) is -2.15. The molecule has 2 atom stereocenters. The van der Waals surface area contributed by atoms with Crippen LogP contribution < -0.4 is 5.32 Å². The molecule has 1 amide bonds. The minimum absolute atomic E-state index is 0.253. The number of carbonyl (C=O) groups excluding carboxylic acids is 1. The molecule has 0 radical (unpaired) electrons. The fourth-order valence-electron chi connectivity index (χ4n) is 2.25. The molecule has 1 aromatic heterocycles. The minimum Gasteiger partial charge on any atom is -0.481 e. The minimum atomic E-state index is -0.916. The Labute approximate surface area is 119 Å². The van der Waals surface area contributed by atoms with Crippen LogP contribution in [0, 0.1) is 18.8 Å². The standard InChI is InChI=1S/C13H13N5O3/c1-7-4-8(2-3-11(7)18-6-14-16-17-18)15-12(19)9-5-10(9)13(20)21/h2-4,6,9-10H,5H2,1H3,(H,15,19)(H,20,21). The SMILES string of the molecule is Cc1cc(NC(=O)C2CC2C(=O)O)ccc1-n1cnnn1. The third kappa shape index (κ3) is 2.60. The second-order valence-electron chi connectivity index (χ2n) is 5.03. The van der Waals surface area contributed by atoms with Crippen molar-refractivity contribution in [3.63, 3.8) is 0 Å². The zero-order valence-corrected chi connectivity index (χ0v) is 11.2. The molecule has 8 nitrogen and oxygen atoms in total. The van der Waals surface area contributed by atoms with Gasteiger partial charge in [0.15, 0.2) is 0 Å². The molecule has 21 heavy (non-hydrogen) atoms. The van der Waals surface area contributed by atoms with Gasteiger partial charge in [0.05, 0.1) is 17.5 Å². The second kappa shape index (κ2) is 4.97. The third-order valence-electron chi connectivity index (χ3n) is 3.50. The molecule has 1 heterocycles. The highest BCUT2D eigenvalue weighted by Gasteiger charge is 2.48. The van der Waals surface area contributed by atoms with Crippen molar-refractivity contribution in [2.45, 2.75) is 13.3 Å². The molecule has 108 valence electrons. The molecule has 8 heteroatoms. The van der Waals surface area contributed by atoms with Crippen molar-refractivity contribution in [2.75, 3.05) is 5.32 Å². The first-order chi connectivity index (χ1) is 10.1. The van der Waals surface area contributed by atoms with Gasteiger partial charge in [0.1, 0.15) is 6.33 Å². The van der Waals surface area contributed by atoms with Crippen LogP contribution >= 0.6 is 0 Å². The zero-order valence-electron chi connectivity index (χ0n) is 11.2. The summed E-state index contributed by atoms with van der Waals surface area (Å²) in [5.41, 5.74) is 2.34. The Hall–Kier alpha value is -2.77. The van der Waals surface area contributed by atoms with E-state index in [1.165, 1.54) is 11.0 Å². The fraction of sp³-hybridized carbons (Fsp3) is 0.308. The average Bonchev–Trinajstić information content (AvgIpc) is 3.08. The molecule has 0 bridgehead atoms. The fourth-order valence-corrected chi connectivity index (χ4v) is 2.25. The number of aliphatic carboxylic acids is 1. The third-order valence-corrected chi connectivity index (χ3v) is 3.50. The lowest BCUT2D eigenvalue weighted by molar-refractivity contribution is -0.139. The number of hydrogen-bond donors (Lipinski definition) is 2. The van der Waals surface area contributed by atoms with E-state index < -0.39 is 17.8 Å². The molecule has 0 spiro atoms. The number of rotatable bonds is 4. The highest BCUT2D eigenvalue weighted by molar-refractivity contribution is 5.98. The summed E-state index contributed by atoms with van der Waals surface area (Å²) in [7, 11) is 0. The van der Waals surface area contributed by atoms with Crippen molar-refractivity contribution in [2.24, 2.45) is 11.8 Å². The van der Waals surface area contributed by atoms with E-state index in [9.17, 15) is 9.59 Å². The van der Waals surface area contributed by atoms with Crippen LogP contribution in [-0.4, -0.2) is 37.2 Å². The molecule has 1 aromatic carbocycles.